The molecule has 0 radical (unpaired) electrons. The Bertz CT molecular complexity index is 444. The van der Waals surface area contributed by atoms with Gasteiger partial charge in [0.15, 0.2) is 0 Å². The normalized spacial score (nSPS) is 14.5. The molecular formula is C12H13Cl2NO2. The lowest BCUT2D eigenvalue weighted by molar-refractivity contribution is -0.120. The van der Waals surface area contributed by atoms with Crippen molar-refractivity contribution in [2.75, 3.05) is 7.11 Å². The first-order valence-electron chi connectivity index (χ1n) is 5.41. The van der Waals surface area contributed by atoms with Gasteiger partial charge in [0.1, 0.15) is 5.75 Å². The van der Waals surface area contributed by atoms with Crippen LogP contribution >= 0.6 is 23.2 Å². The van der Waals surface area contributed by atoms with Gasteiger partial charge in [-0.2, -0.15) is 0 Å². The van der Waals surface area contributed by atoms with Crippen molar-refractivity contribution < 1.29 is 9.53 Å². The molecule has 5 heteroatoms. The van der Waals surface area contributed by atoms with Gasteiger partial charge in [0, 0.05) is 17.1 Å². The lowest BCUT2D eigenvalue weighted by Gasteiger charge is -2.09. The number of carbonyl (C=O) groups excluding carboxylic acids is 1. The van der Waals surface area contributed by atoms with E-state index in [-0.39, 0.29) is 12.3 Å². The molecule has 0 heterocycles. The highest BCUT2D eigenvalue weighted by molar-refractivity contribution is 6.34. The Kier molecular flexibility index (Phi) is 3.79. The quantitative estimate of drug-likeness (QED) is 0.916. The Labute approximate surface area is 110 Å². The third kappa shape index (κ3) is 3.27. The Hall–Kier alpha value is -0.930. The zero-order chi connectivity index (χ0) is 12.4. The van der Waals surface area contributed by atoms with Gasteiger partial charge < -0.3 is 10.1 Å². The summed E-state index contributed by atoms with van der Waals surface area (Å²) in [5.74, 6) is 0.499. The molecule has 0 saturated heterocycles. The fourth-order valence-corrected chi connectivity index (χ4v) is 2.02. The zero-order valence-corrected chi connectivity index (χ0v) is 10.9. The molecule has 0 bridgehead atoms. The van der Waals surface area contributed by atoms with Crippen LogP contribution in [0, 0.1) is 0 Å². The first-order chi connectivity index (χ1) is 8.10. The highest BCUT2D eigenvalue weighted by atomic mass is 35.5. The van der Waals surface area contributed by atoms with E-state index in [0.717, 1.165) is 18.4 Å². The van der Waals surface area contributed by atoms with Crippen molar-refractivity contribution in [2.24, 2.45) is 0 Å². The molecule has 3 nitrogen and oxygen atoms in total. The molecule has 1 aliphatic carbocycles. The number of ether oxygens (including phenoxy) is 1. The molecule has 1 N–H and O–H groups in total. The van der Waals surface area contributed by atoms with Crippen LogP contribution in [0.2, 0.25) is 10.0 Å². The number of benzene rings is 1. The molecule has 0 aliphatic heterocycles. The fourth-order valence-electron chi connectivity index (χ4n) is 1.54. The van der Waals surface area contributed by atoms with E-state index in [0.29, 0.717) is 21.8 Å². The number of methoxy groups -OCH3 is 1. The van der Waals surface area contributed by atoms with Crippen molar-refractivity contribution in [1.82, 2.24) is 5.32 Å². The smallest absolute Gasteiger partial charge is 0.224 e. The summed E-state index contributed by atoms with van der Waals surface area (Å²) in [6.45, 7) is 0. The predicted molar refractivity (Wildman–Crippen MR) is 67.9 cm³/mol. The molecule has 2 rings (SSSR count). The number of amides is 1. The molecule has 0 atom stereocenters. The molecule has 1 aromatic carbocycles. The first kappa shape index (κ1) is 12.5. The van der Waals surface area contributed by atoms with Gasteiger partial charge in [0.25, 0.3) is 0 Å². The van der Waals surface area contributed by atoms with Gasteiger partial charge in [-0.1, -0.05) is 23.2 Å². The van der Waals surface area contributed by atoms with Crippen LogP contribution in [0.4, 0.5) is 0 Å². The van der Waals surface area contributed by atoms with Gasteiger partial charge in [-0.15, -0.1) is 0 Å². The largest absolute Gasteiger partial charge is 0.495 e. The second-order valence-electron chi connectivity index (χ2n) is 4.10. The van der Waals surface area contributed by atoms with Gasteiger partial charge in [-0.3, -0.25) is 4.79 Å². The number of nitrogens with one attached hydrogen (secondary N) is 1. The van der Waals surface area contributed by atoms with Crippen LogP contribution in [0.3, 0.4) is 0 Å². The number of rotatable bonds is 4. The van der Waals surface area contributed by atoms with Gasteiger partial charge in [-0.25, -0.2) is 0 Å². The minimum atomic E-state index is -0.0179. The molecule has 1 aromatic rings. The van der Waals surface area contributed by atoms with Crippen LogP contribution in [-0.2, 0) is 11.2 Å². The van der Waals surface area contributed by atoms with Crippen molar-refractivity contribution in [1.29, 1.82) is 0 Å². The second kappa shape index (κ2) is 5.15. The van der Waals surface area contributed by atoms with E-state index in [1.807, 2.05) is 0 Å². The van der Waals surface area contributed by atoms with E-state index in [2.05, 4.69) is 5.32 Å². The lowest BCUT2D eigenvalue weighted by Crippen LogP contribution is -2.27. The molecule has 1 aliphatic rings. The molecule has 17 heavy (non-hydrogen) atoms. The van der Waals surface area contributed by atoms with Gasteiger partial charge >= 0.3 is 0 Å². The van der Waals surface area contributed by atoms with E-state index < -0.39 is 0 Å². The summed E-state index contributed by atoms with van der Waals surface area (Å²) in [5, 5.41) is 3.87. The summed E-state index contributed by atoms with van der Waals surface area (Å²) in [7, 11) is 1.52. The molecule has 1 saturated carbocycles. The summed E-state index contributed by atoms with van der Waals surface area (Å²) in [6.07, 6.45) is 2.39. The SMILES string of the molecule is COc1cc(Cl)c(CC(=O)NC2CC2)cc1Cl. The monoisotopic (exact) mass is 273 g/mol. The topological polar surface area (TPSA) is 38.3 Å². The van der Waals surface area contributed by atoms with E-state index in [9.17, 15) is 4.79 Å². The predicted octanol–water partition coefficient (Wildman–Crippen LogP) is 2.82. The Balaban J connectivity index is 2.09. The van der Waals surface area contributed by atoms with Gasteiger partial charge in [0.2, 0.25) is 5.91 Å². The highest BCUT2D eigenvalue weighted by Gasteiger charge is 2.23. The van der Waals surface area contributed by atoms with E-state index in [1.54, 1.807) is 12.1 Å². The Morgan fingerprint density at radius 1 is 1.41 bits per heavy atom. The molecule has 1 fully saturated rings. The van der Waals surface area contributed by atoms with Gasteiger partial charge in [-0.05, 0) is 24.5 Å². The van der Waals surface area contributed by atoms with Crippen molar-refractivity contribution in [2.45, 2.75) is 25.3 Å². The molecule has 0 aromatic heterocycles. The molecule has 1 amide bonds. The number of hydrogen-bond acceptors (Lipinski definition) is 2. The summed E-state index contributed by atoms with van der Waals surface area (Å²) >= 11 is 12.0. The first-order valence-corrected chi connectivity index (χ1v) is 6.17. The molecule has 0 unspecified atom stereocenters. The molecular weight excluding hydrogens is 261 g/mol. The van der Waals surface area contributed by atoms with E-state index in [4.69, 9.17) is 27.9 Å². The van der Waals surface area contributed by atoms with Crippen LogP contribution in [0.15, 0.2) is 12.1 Å². The van der Waals surface area contributed by atoms with E-state index >= 15 is 0 Å². The number of hydrogen-bond donors (Lipinski definition) is 1. The average Bonchev–Trinajstić information content (AvgIpc) is 3.06. The third-order valence-electron chi connectivity index (χ3n) is 2.61. The van der Waals surface area contributed by atoms with Crippen molar-refractivity contribution in [3.63, 3.8) is 0 Å². The zero-order valence-electron chi connectivity index (χ0n) is 9.43. The Morgan fingerprint density at radius 3 is 2.71 bits per heavy atom. The summed E-state index contributed by atoms with van der Waals surface area (Å²) in [5.41, 5.74) is 0.718. The third-order valence-corrected chi connectivity index (χ3v) is 3.26. The van der Waals surface area contributed by atoms with Crippen molar-refractivity contribution in [3.05, 3.63) is 27.7 Å². The van der Waals surface area contributed by atoms with Crippen molar-refractivity contribution >= 4 is 29.1 Å². The summed E-state index contributed by atoms with van der Waals surface area (Å²) in [4.78, 5) is 11.6. The minimum absolute atomic E-state index is 0.0179. The summed E-state index contributed by atoms with van der Waals surface area (Å²) in [6, 6.07) is 3.66. The average molecular weight is 274 g/mol. The van der Waals surface area contributed by atoms with Gasteiger partial charge in [0.05, 0.1) is 18.6 Å². The number of carbonyl (C=O) groups is 1. The lowest BCUT2D eigenvalue weighted by atomic mass is 10.1. The number of halogens is 2. The van der Waals surface area contributed by atoms with Crippen LogP contribution in [0.25, 0.3) is 0 Å². The fraction of sp³-hybridized carbons (Fsp3) is 0.417. The van der Waals surface area contributed by atoms with E-state index in [1.165, 1.54) is 7.11 Å². The van der Waals surface area contributed by atoms with Crippen LogP contribution in [-0.4, -0.2) is 19.1 Å². The van der Waals surface area contributed by atoms with Crippen LogP contribution in [0.5, 0.6) is 5.75 Å². The maximum Gasteiger partial charge on any atom is 0.224 e. The Morgan fingerprint density at radius 2 is 2.12 bits per heavy atom. The summed E-state index contributed by atoms with van der Waals surface area (Å²) < 4.78 is 5.04. The van der Waals surface area contributed by atoms with Crippen LogP contribution < -0.4 is 10.1 Å². The minimum Gasteiger partial charge on any atom is -0.495 e. The maximum atomic E-state index is 11.6. The van der Waals surface area contributed by atoms with Crippen molar-refractivity contribution in [3.8, 4) is 5.75 Å². The highest BCUT2D eigenvalue weighted by Crippen LogP contribution is 2.31. The second-order valence-corrected chi connectivity index (χ2v) is 4.91. The standard InChI is InChI=1S/C12H13Cl2NO2/c1-17-11-6-9(13)7(4-10(11)14)5-12(16)15-8-2-3-8/h4,6,8H,2-3,5H2,1H3,(H,15,16). The maximum absolute atomic E-state index is 11.6. The molecule has 92 valence electrons. The molecule has 0 spiro atoms. The van der Waals surface area contributed by atoms with Crippen LogP contribution in [0.1, 0.15) is 18.4 Å².